The van der Waals surface area contributed by atoms with Gasteiger partial charge in [-0.2, -0.15) is 0 Å². The van der Waals surface area contributed by atoms with Crippen LogP contribution in [0.25, 0.3) is 0 Å². The molecule has 1 aliphatic heterocycles. The smallest absolute Gasteiger partial charge is 0.314 e. The van der Waals surface area contributed by atoms with Crippen LogP contribution in [-0.2, 0) is 4.79 Å². The number of carbonyl (C=O) groups excluding carboxylic acids is 1. The number of piperidine rings is 1. The van der Waals surface area contributed by atoms with Crippen molar-refractivity contribution in [1.29, 1.82) is 0 Å². The molecule has 1 rings (SSSR count). The van der Waals surface area contributed by atoms with Gasteiger partial charge in [0.2, 0.25) is 0 Å². The Balaban J connectivity index is 2.05. The van der Waals surface area contributed by atoms with Crippen molar-refractivity contribution < 1.29 is 14.7 Å². The molecule has 2 unspecified atom stereocenters. The summed E-state index contributed by atoms with van der Waals surface area (Å²) in [6.45, 7) is 6.77. The maximum Gasteiger partial charge on any atom is 0.314 e. The van der Waals surface area contributed by atoms with Crippen molar-refractivity contribution in [3.63, 3.8) is 0 Å². The molecule has 0 bridgehead atoms. The van der Waals surface area contributed by atoms with Gasteiger partial charge in [-0.3, -0.25) is 4.79 Å². The van der Waals surface area contributed by atoms with E-state index >= 15 is 0 Å². The van der Waals surface area contributed by atoms with Gasteiger partial charge < -0.3 is 20.6 Å². The molecular weight excluding hydrogens is 258 g/mol. The van der Waals surface area contributed by atoms with Gasteiger partial charge >= 0.3 is 12.0 Å². The Labute approximate surface area is 120 Å². The molecule has 2 amide bonds. The molecule has 0 aliphatic carbocycles. The summed E-state index contributed by atoms with van der Waals surface area (Å²) in [5, 5.41) is 14.0. The van der Waals surface area contributed by atoms with E-state index in [9.17, 15) is 9.59 Å². The highest BCUT2D eigenvalue weighted by Crippen LogP contribution is 2.15. The third kappa shape index (κ3) is 6.23. The molecule has 1 aliphatic rings. The number of amides is 2. The van der Waals surface area contributed by atoms with Gasteiger partial charge in [-0.25, -0.2) is 4.79 Å². The fourth-order valence-electron chi connectivity index (χ4n) is 2.37. The number of aliphatic carboxylic acids is 1. The van der Waals surface area contributed by atoms with E-state index in [2.05, 4.69) is 22.5 Å². The molecular formula is C14H27N3O3. The zero-order valence-electron chi connectivity index (χ0n) is 12.5. The van der Waals surface area contributed by atoms with E-state index in [1.807, 2.05) is 0 Å². The fraction of sp³-hybridized carbons (Fsp3) is 0.857. The lowest BCUT2D eigenvalue weighted by molar-refractivity contribution is -0.140. The lowest BCUT2D eigenvalue weighted by Gasteiger charge is -2.33. The number of nitrogens with zero attached hydrogens (tertiary/aromatic N) is 1. The predicted octanol–water partition coefficient (Wildman–Crippen LogP) is 1.27. The minimum Gasteiger partial charge on any atom is -0.481 e. The highest BCUT2D eigenvalue weighted by molar-refractivity contribution is 5.75. The molecule has 0 radical (unpaired) electrons. The van der Waals surface area contributed by atoms with E-state index in [1.54, 1.807) is 6.92 Å². The van der Waals surface area contributed by atoms with Gasteiger partial charge in [-0.05, 0) is 32.7 Å². The van der Waals surface area contributed by atoms with E-state index in [-0.39, 0.29) is 12.6 Å². The molecule has 6 heteroatoms. The molecule has 1 heterocycles. The molecule has 116 valence electrons. The first kappa shape index (κ1) is 16.8. The van der Waals surface area contributed by atoms with Gasteiger partial charge in [0.05, 0.1) is 5.92 Å². The van der Waals surface area contributed by atoms with Crippen LogP contribution in [0.5, 0.6) is 0 Å². The van der Waals surface area contributed by atoms with Crippen molar-refractivity contribution in [1.82, 2.24) is 15.5 Å². The van der Waals surface area contributed by atoms with Crippen LogP contribution in [-0.4, -0.2) is 54.2 Å². The number of hydrogen-bond acceptors (Lipinski definition) is 3. The van der Waals surface area contributed by atoms with Crippen LogP contribution in [0.1, 0.15) is 39.5 Å². The second-order valence-electron chi connectivity index (χ2n) is 5.61. The van der Waals surface area contributed by atoms with Gasteiger partial charge in [-0.15, -0.1) is 0 Å². The van der Waals surface area contributed by atoms with E-state index in [1.165, 1.54) is 19.3 Å². The average molecular weight is 285 g/mol. The lowest BCUT2D eigenvalue weighted by atomic mass is 10.0. The maximum absolute atomic E-state index is 11.5. The molecule has 0 saturated carbocycles. The molecule has 0 aromatic heterocycles. The van der Waals surface area contributed by atoms with E-state index < -0.39 is 11.9 Å². The molecule has 0 aromatic carbocycles. The normalized spacial score (nSPS) is 21.2. The first-order chi connectivity index (χ1) is 9.50. The lowest BCUT2D eigenvalue weighted by Crippen LogP contribution is -2.42. The molecule has 1 saturated heterocycles. The zero-order chi connectivity index (χ0) is 15.0. The number of urea groups is 1. The number of carboxylic acids is 1. The molecule has 3 N–H and O–H groups in total. The highest BCUT2D eigenvalue weighted by atomic mass is 16.4. The third-order valence-corrected chi connectivity index (χ3v) is 3.84. The summed E-state index contributed by atoms with van der Waals surface area (Å²) in [5.74, 6) is -1.46. The number of carbonyl (C=O) groups is 2. The monoisotopic (exact) mass is 285 g/mol. The minimum absolute atomic E-state index is 0.157. The SMILES string of the molecule is CC(CNC(=O)NCCCN1CCCCC1C)C(=O)O. The zero-order valence-corrected chi connectivity index (χ0v) is 12.5. The Morgan fingerprint density at radius 3 is 2.75 bits per heavy atom. The van der Waals surface area contributed by atoms with Gasteiger partial charge in [0.1, 0.15) is 0 Å². The largest absolute Gasteiger partial charge is 0.481 e. The first-order valence-corrected chi connectivity index (χ1v) is 7.49. The number of nitrogens with one attached hydrogen (secondary N) is 2. The fourth-order valence-corrected chi connectivity index (χ4v) is 2.37. The van der Waals surface area contributed by atoms with Crippen LogP contribution >= 0.6 is 0 Å². The number of hydrogen-bond donors (Lipinski definition) is 3. The summed E-state index contributed by atoms with van der Waals surface area (Å²) in [6, 6.07) is 0.360. The summed E-state index contributed by atoms with van der Waals surface area (Å²) >= 11 is 0. The van der Waals surface area contributed by atoms with Crippen molar-refractivity contribution in [3.05, 3.63) is 0 Å². The van der Waals surface area contributed by atoms with Gasteiger partial charge in [0.15, 0.2) is 0 Å². The van der Waals surface area contributed by atoms with Gasteiger partial charge in [0, 0.05) is 25.7 Å². The number of likely N-dealkylation sites (tertiary alicyclic amines) is 1. The Kier molecular flexibility index (Phi) is 7.36. The van der Waals surface area contributed by atoms with Crippen LogP contribution in [0.15, 0.2) is 0 Å². The highest BCUT2D eigenvalue weighted by Gasteiger charge is 2.17. The average Bonchev–Trinajstić information content (AvgIpc) is 2.42. The summed E-state index contributed by atoms with van der Waals surface area (Å²) < 4.78 is 0. The van der Waals surface area contributed by atoms with Crippen LogP contribution < -0.4 is 10.6 Å². The summed E-state index contributed by atoms with van der Waals surface area (Å²) in [5.41, 5.74) is 0. The van der Waals surface area contributed by atoms with Crippen LogP contribution in [0.4, 0.5) is 4.79 Å². The Morgan fingerprint density at radius 2 is 2.10 bits per heavy atom. The van der Waals surface area contributed by atoms with Crippen molar-refractivity contribution in [2.45, 2.75) is 45.6 Å². The summed E-state index contributed by atoms with van der Waals surface area (Å²) in [7, 11) is 0. The first-order valence-electron chi connectivity index (χ1n) is 7.49. The second-order valence-corrected chi connectivity index (χ2v) is 5.61. The second kappa shape index (κ2) is 8.79. The van der Waals surface area contributed by atoms with Gasteiger partial charge in [-0.1, -0.05) is 13.3 Å². The Hall–Kier alpha value is -1.30. The van der Waals surface area contributed by atoms with Crippen LogP contribution in [0.3, 0.4) is 0 Å². The molecule has 6 nitrogen and oxygen atoms in total. The Morgan fingerprint density at radius 1 is 1.35 bits per heavy atom. The van der Waals surface area contributed by atoms with Gasteiger partial charge in [0.25, 0.3) is 0 Å². The van der Waals surface area contributed by atoms with E-state index in [0.29, 0.717) is 12.6 Å². The Bertz CT molecular complexity index is 323. The van der Waals surface area contributed by atoms with Crippen molar-refractivity contribution in [2.75, 3.05) is 26.2 Å². The van der Waals surface area contributed by atoms with E-state index in [4.69, 9.17) is 5.11 Å². The van der Waals surface area contributed by atoms with Crippen LogP contribution in [0, 0.1) is 5.92 Å². The molecule has 0 aromatic rings. The standard InChI is InChI=1S/C14H27N3O3/c1-11(13(18)19)10-16-14(20)15-7-5-9-17-8-4-3-6-12(17)2/h11-12H,3-10H2,1-2H3,(H,18,19)(H2,15,16,20). The topological polar surface area (TPSA) is 81.7 Å². The maximum atomic E-state index is 11.5. The van der Waals surface area contributed by atoms with Crippen LogP contribution in [0.2, 0.25) is 0 Å². The van der Waals surface area contributed by atoms with Crippen molar-refractivity contribution >= 4 is 12.0 Å². The summed E-state index contributed by atoms with van der Waals surface area (Å²) in [6.07, 6.45) is 4.78. The number of carboxylic acid groups (broad SMARTS) is 1. The van der Waals surface area contributed by atoms with Crippen molar-refractivity contribution in [3.8, 4) is 0 Å². The van der Waals surface area contributed by atoms with Crippen molar-refractivity contribution in [2.24, 2.45) is 5.92 Å². The molecule has 1 fully saturated rings. The third-order valence-electron chi connectivity index (χ3n) is 3.84. The quantitative estimate of drug-likeness (QED) is 0.615. The molecule has 20 heavy (non-hydrogen) atoms. The minimum atomic E-state index is -0.899. The summed E-state index contributed by atoms with van der Waals surface area (Å²) in [4.78, 5) is 24.5. The van der Waals surface area contributed by atoms with E-state index in [0.717, 1.165) is 19.5 Å². The molecule has 2 atom stereocenters. The molecule has 0 spiro atoms. The predicted molar refractivity (Wildman–Crippen MR) is 77.7 cm³/mol. The number of rotatable bonds is 7.